The minimum Gasteiger partial charge on any atom is -0.511 e. The predicted octanol–water partition coefficient (Wildman–Crippen LogP) is 5.87. The maximum atomic E-state index is 13.0. The van der Waals surface area contributed by atoms with E-state index in [-0.39, 0.29) is 35.2 Å². The molecule has 0 bridgehead atoms. The summed E-state index contributed by atoms with van der Waals surface area (Å²) in [6.07, 6.45) is 3.17. The molecule has 0 amide bonds. The average molecular weight is 485 g/mol. The van der Waals surface area contributed by atoms with Gasteiger partial charge in [0.25, 0.3) is 0 Å². The fourth-order valence-electron chi connectivity index (χ4n) is 5.01. The summed E-state index contributed by atoms with van der Waals surface area (Å²) in [6.45, 7) is 0. The third-order valence-corrected chi connectivity index (χ3v) is 6.86. The van der Waals surface area contributed by atoms with E-state index >= 15 is 0 Å². The zero-order valence-electron chi connectivity index (χ0n) is 20.2. The summed E-state index contributed by atoms with van der Waals surface area (Å²) in [7, 11) is 1.60. The van der Waals surface area contributed by atoms with Crippen molar-refractivity contribution < 1.29 is 24.0 Å². The van der Waals surface area contributed by atoms with E-state index in [9.17, 15) is 14.7 Å². The molecule has 1 unspecified atom stereocenters. The molecule has 1 atom stereocenters. The Balaban J connectivity index is 1.35. The average Bonchev–Trinajstić information content (AvgIpc) is 3.32. The molecule has 3 aromatic rings. The van der Waals surface area contributed by atoms with E-state index in [1.54, 1.807) is 19.2 Å². The molecule has 7 heteroatoms. The number of ether oxygens (including phenoxy) is 1. The standard InChI is InChI=1S/C29H28N2O5/c1-35-21-12-10-20(11-13-21)30-22-8-5-9-24(32)28(22)25(33)15-14-23-29-26(34)16-19(17-27(29)36-31-23)18-6-3-2-4-7-18/h2-4,6-7,10-13,19,33H,5,8-9,14-17H2,1H3/b28-25+,30-22?. The number of carbonyl (C=O) groups is 2. The van der Waals surface area contributed by atoms with Crippen molar-refractivity contribution >= 4 is 23.0 Å². The molecule has 1 saturated carbocycles. The van der Waals surface area contributed by atoms with Crippen LogP contribution in [0, 0.1) is 0 Å². The van der Waals surface area contributed by atoms with Crippen LogP contribution in [0.1, 0.15) is 65.4 Å². The highest BCUT2D eigenvalue weighted by Crippen LogP contribution is 2.35. The Bertz CT molecular complexity index is 1340. The molecule has 184 valence electrons. The molecule has 1 aromatic heterocycles. The number of Topliss-reactive ketones (excluding diaryl/α,β-unsaturated/α-hetero) is 2. The molecule has 2 aromatic carbocycles. The summed E-state index contributed by atoms with van der Waals surface area (Å²) < 4.78 is 10.7. The number of rotatable bonds is 6. The summed E-state index contributed by atoms with van der Waals surface area (Å²) in [5.41, 5.74) is 3.72. The summed E-state index contributed by atoms with van der Waals surface area (Å²) in [4.78, 5) is 30.4. The molecule has 36 heavy (non-hydrogen) atoms. The van der Waals surface area contributed by atoms with Crippen molar-refractivity contribution in [2.75, 3.05) is 7.11 Å². The Labute approximate surface area is 209 Å². The van der Waals surface area contributed by atoms with Gasteiger partial charge in [0.1, 0.15) is 17.3 Å². The smallest absolute Gasteiger partial charge is 0.168 e. The van der Waals surface area contributed by atoms with Crippen molar-refractivity contribution in [2.45, 2.75) is 50.9 Å². The number of fused-ring (bicyclic) bond motifs is 1. The third-order valence-electron chi connectivity index (χ3n) is 6.86. The number of nitrogens with zero attached hydrogens (tertiary/aromatic N) is 2. The first-order valence-corrected chi connectivity index (χ1v) is 12.3. The van der Waals surface area contributed by atoms with Gasteiger partial charge < -0.3 is 14.4 Å². The molecule has 2 aliphatic carbocycles. The van der Waals surface area contributed by atoms with Crippen LogP contribution in [0.5, 0.6) is 5.75 Å². The van der Waals surface area contributed by atoms with Crippen molar-refractivity contribution in [1.82, 2.24) is 5.16 Å². The summed E-state index contributed by atoms with van der Waals surface area (Å²) in [5.74, 6) is 1.25. The first-order valence-electron chi connectivity index (χ1n) is 12.3. The summed E-state index contributed by atoms with van der Waals surface area (Å²) in [6, 6.07) is 17.2. The zero-order valence-corrected chi connectivity index (χ0v) is 20.2. The van der Waals surface area contributed by atoms with Gasteiger partial charge in [0.2, 0.25) is 0 Å². The van der Waals surface area contributed by atoms with Crippen molar-refractivity contribution in [1.29, 1.82) is 0 Å². The number of ketones is 2. The monoisotopic (exact) mass is 484 g/mol. The van der Waals surface area contributed by atoms with E-state index in [4.69, 9.17) is 9.26 Å². The van der Waals surface area contributed by atoms with Gasteiger partial charge in [-0.25, -0.2) is 0 Å². The van der Waals surface area contributed by atoms with E-state index in [0.29, 0.717) is 66.9 Å². The Kier molecular flexibility index (Phi) is 6.80. The van der Waals surface area contributed by atoms with Crippen LogP contribution in [-0.2, 0) is 17.6 Å². The summed E-state index contributed by atoms with van der Waals surface area (Å²) in [5, 5.41) is 15.1. The molecular formula is C29H28N2O5. The van der Waals surface area contributed by atoms with Gasteiger partial charge in [0.15, 0.2) is 11.6 Å². The first-order chi connectivity index (χ1) is 17.5. The number of methoxy groups -OCH3 is 1. The van der Waals surface area contributed by atoms with Crippen LogP contribution in [-0.4, -0.2) is 34.7 Å². The van der Waals surface area contributed by atoms with Crippen molar-refractivity contribution in [2.24, 2.45) is 4.99 Å². The minimum atomic E-state index is -0.116. The Morgan fingerprint density at radius 1 is 1.06 bits per heavy atom. The van der Waals surface area contributed by atoms with Crippen LogP contribution in [0.2, 0.25) is 0 Å². The third kappa shape index (κ3) is 4.87. The van der Waals surface area contributed by atoms with Crippen molar-refractivity contribution in [3.05, 3.63) is 88.5 Å². The van der Waals surface area contributed by atoms with Crippen LogP contribution in [0.15, 0.2) is 75.4 Å². The fraction of sp³-hybridized carbons (Fsp3) is 0.310. The van der Waals surface area contributed by atoms with E-state index < -0.39 is 0 Å². The molecule has 2 aliphatic rings. The van der Waals surface area contributed by atoms with Crippen LogP contribution in [0.25, 0.3) is 0 Å². The highest BCUT2D eigenvalue weighted by molar-refractivity contribution is 6.24. The maximum Gasteiger partial charge on any atom is 0.168 e. The number of allylic oxidation sites excluding steroid dienone is 2. The number of aliphatic imine (C=N–C) groups is 1. The number of aromatic nitrogens is 1. The molecule has 0 aliphatic heterocycles. The first kappa shape index (κ1) is 23.7. The Hall–Kier alpha value is -4.00. The van der Waals surface area contributed by atoms with Gasteiger partial charge in [0.05, 0.1) is 35.3 Å². The van der Waals surface area contributed by atoms with Gasteiger partial charge in [-0.1, -0.05) is 35.5 Å². The van der Waals surface area contributed by atoms with Gasteiger partial charge in [0, 0.05) is 32.1 Å². The predicted molar refractivity (Wildman–Crippen MR) is 135 cm³/mol. The molecule has 1 N–H and O–H groups in total. The van der Waals surface area contributed by atoms with Crippen molar-refractivity contribution in [3.63, 3.8) is 0 Å². The van der Waals surface area contributed by atoms with E-state index in [0.717, 1.165) is 11.3 Å². The molecule has 0 saturated heterocycles. The largest absolute Gasteiger partial charge is 0.511 e. The number of hydrogen-bond acceptors (Lipinski definition) is 7. The Morgan fingerprint density at radius 2 is 1.83 bits per heavy atom. The number of carbonyl (C=O) groups excluding carboxylic acids is 2. The van der Waals surface area contributed by atoms with Crippen LogP contribution in [0.3, 0.4) is 0 Å². The quantitative estimate of drug-likeness (QED) is 0.347. The van der Waals surface area contributed by atoms with Gasteiger partial charge >= 0.3 is 0 Å². The number of benzene rings is 2. The van der Waals surface area contributed by atoms with Gasteiger partial charge in [-0.3, -0.25) is 14.6 Å². The number of aryl methyl sites for hydroxylation is 1. The maximum absolute atomic E-state index is 13.0. The lowest BCUT2D eigenvalue weighted by molar-refractivity contribution is -0.115. The van der Waals surface area contributed by atoms with Crippen LogP contribution < -0.4 is 4.74 Å². The number of aliphatic hydroxyl groups excluding tert-OH is 1. The van der Waals surface area contributed by atoms with E-state index in [1.165, 1.54) is 0 Å². The van der Waals surface area contributed by atoms with Crippen molar-refractivity contribution in [3.8, 4) is 5.75 Å². The lowest BCUT2D eigenvalue weighted by atomic mass is 9.81. The lowest BCUT2D eigenvalue weighted by Crippen LogP contribution is -2.21. The molecule has 0 spiro atoms. The van der Waals surface area contributed by atoms with Gasteiger partial charge in [-0.15, -0.1) is 0 Å². The molecule has 1 heterocycles. The van der Waals surface area contributed by atoms with E-state index in [2.05, 4.69) is 10.1 Å². The normalized spacial score (nSPS) is 20.4. The highest BCUT2D eigenvalue weighted by Gasteiger charge is 2.33. The molecule has 1 fully saturated rings. The second kappa shape index (κ2) is 10.3. The Morgan fingerprint density at radius 3 is 2.58 bits per heavy atom. The van der Waals surface area contributed by atoms with E-state index in [1.807, 2.05) is 42.5 Å². The SMILES string of the molecule is COc1ccc(N=C2CCCC(=O)/C2=C(/O)CCc2noc3c2C(=O)CC(c2ccccc2)C3)cc1. The number of aliphatic hydroxyl groups is 1. The summed E-state index contributed by atoms with van der Waals surface area (Å²) >= 11 is 0. The number of hydrogen-bond donors (Lipinski definition) is 1. The zero-order chi connectivity index (χ0) is 25.1. The van der Waals surface area contributed by atoms with Gasteiger partial charge in [-0.05, 0) is 48.6 Å². The lowest BCUT2D eigenvalue weighted by Gasteiger charge is -2.20. The molecule has 0 radical (unpaired) electrons. The fourth-order valence-corrected chi connectivity index (χ4v) is 5.01. The second-order valence-corrected chi connectivity index (χ2v) is 9.22. The topological polar surface area (TPSA) is 102 Å². The van der Waals surface area contributed by atoms with Crippen LogP contribution in [0.4, 0.5) is 5.69 Å². The molecular weight excluding hydrogens is 456 g/mol. The highest BCUT2D eigenvalue weighted by atomic mass is 16.5. The minimum absolute atomic E-state index is 0.00370. The molecule has 5 rings (SSSR count). The molecule has 7 nitrogen and oxygen atoms in total. The van der Waals surface area contributed by atoms with Gasteiger partial charge in [-0.2, -0.15) is 0 Å². The second-order valence-electron chi connectivity index (χ2n) is 9.22. The van der Waals surface area contributed by atoms with Crippen LogP contribution >= 0.6 is 0 Å².